The number of ketones is 1. The van der Waals surface area contributed by atoms with Crippen molar-refractivity contribution >= 4 is 28.6 Å². The van der Waals surface area contributed by atoms with Gasteiger partial charge >= 0.3 is 11.9 Å². The number of benzene rings is 2. The zero-order valence-corrected chi connectivity index (χ0v) is 20.5. The van der Waals surface area contributed by atoms with Crippen molar-refractivity contribution in [2.75, 3.05) is 21.3 Å². The quantitative estimate of drug-likeness (QED) is 0.266. The summed E-state index contributed by atoms with van der Waals surface area (Å²) in [5.74, 6) is -1.77. The van der Waals surface area contributed by atoms with E-state index in [1.165, 1.54) is 20.3 Å². The van der Waals surface area contributed by atoms with Crippen molar-refractivity contribution in [2.45, 2.75) is 13.0 Å². The number of esters is 2. The van der Waals surface area contributed by atoms with E-state index in [-0.39, 0.29) is 12.2 Å². The van der Waals surface area contributed by atoms with Crippen LogP contribution in [0.2, 0.25) is 0 Å². The smallest absolute Gasteiger partial charge is 0.335 e. The van der Waals surface area contributed by atoms with E-state index < -0.39 is 17.9 Å². The normalized spacial score (nSPS) is 15.5. The number of aromatic nitrogens is 1. The van der Waals surface area contributed by atoms with Crippen LogP contribution in [0.3, 0.4) is 0 Å². The molecule has 0 fully saturated rings. The minimum atomic E-state index is -0.592. The predicted octanol–water partition coefficient (Wildman–Crippen LogP) is 4.49. The van der Waals surface area contributed by atoms with Crippen LogP contribution in [0.4, 0.5) is 0 Å². The van der Waals surface area contributed by atoms with E-state index in [2.05, 4.69) is 0 Å². The van der Waals surface area contributed by atoms with Crippen LogP contribution in [0.25, 0.3) is 10.9 Å². The third kappa shape index (κ3) is 5.30. The van der Waals surface area contributed by atoms with Gasteiger partial charge in [-0.05, 0) is 29.3 Å². The standard InChI is InChI=1S/C29H28N2O5/c1-30-18-22(13-14-28(33)35-2)23(24(19-30)29(34)36-3)16-27(32)26-15-21-11-7-8-12-25(21)31(26)17-20-9-5-4-6-10-20/h4-15,18-19,23H,16-17H2,1-3H3/b14-13+. The summed E-state index contributed by atoms with van der Waals surface area (Å²) in [6.45, 7) is 0.535. The fourth-order valence-corrected chi connectivity index (χ4v) is 4.45. The molecule has 184 valence electrons. The van der Waals surface area contributed by atoms with Crippen LogP contribution in [0.1, 0.15) is 22.5 Å². The summed E-state index contributed by atoms with van der Waals surface area (Å²) in [7, 11) is 4.37. The van der Waals surface area contributed by atoms with Crippen LogP contribution in [-0.2, 0) is 25.6 Å². The van der Waals surface area contributed by atoms with E-state index in [1.807, 2.05) is 65.2 Å². The van der Waals surface area contributed by atoms with Gasteiger partial charge in [0.25, 0.3) is 0 Å². The van der Waals surface area contributed by atoms with Crippen LogP contribution in [-0.4, -0.2) is 48.5 Å². The van der Waals surface area contributed by atoms with Gasteiger partial charge in [-0.3, -0.25) is 4.79 Å². The molecule has 4 rings (SSSR count). The fraction of sp³-hybridized carbons (Fsp3) is 0.207. The van der Waals surface area contributed by atoms with Crippen molar-refractivity contribution in [3.8, 4) is 0 Å². The molecule has 0 amide bonds. The van der Waals surface area contributed by atoms with E-state index in [9.17, 15) is 14.4 Å². The van der Waals surface area contributed by atoms with E-state index >= 15 is 0 Å². The molecule has 2 aromatic carbocycles. The minimum Gasteiger partial charge on any atom is -0.466 e. The number of fused-ring (bicyclic) bond motifs is 1. The molecule has 7 heteroatoms. The summed E-state index contributed by atoms with van der Waals surface area (Å²) in [5, 5.41) is 0.963. The van der Waals surface area contributed by atoms with Crippen LogP contribution < -0.4 is 0 Å². The molecule has 0 aliphatic carbocycles. The molecule has 1 unspecified atom stereocenters. The Labute approximate surface area is 209 Å². The second-order valence-electron chi connectivity index (χ2n) is 8.57. The SMILES string of the molecule is COC(=O)/C=C/C1=CN(C)C=C(C(=O)OC)C1CC(=O)c1cc2ccccc2n1Cc1ccccc1. The Bertz CT molecular complexity index is 1380. The number of ether oxygens (including phenoxy) is 2. The number of hydrogen-bond donors (Lipinski definition) is 0. The lowest BCUT2D eigenvalue weighted by atomic mass is 9.84. The summed E-state index contributed by atoms with van der Waals surface area (Å²) in [4.78, 5) is 39.9. The zero-order chi connectivity index (χ0) is 25.7. The van der Waals surface area contributed by atoms with Gasteiger partial charge in [-0.1, -0.05) is 48.5 Å². The average molecular weight is 485 g/mol. The Morgan fingerprint density at radius 1 is 0.944 bits per heavy atom. The fourth-order valence-electron chi connectivity index (χ4n) is 4.45. The maximum absolute atomic E-state index is 13.8. The van der Waals surface area contributed by atoms with Crippen LogP contribution in [0.5, 0.6) is 0 Å². The number of hydrogen-bond acceptors (Lipinski definition) is 6. The summed E-state index contributed by atoms with van der Waals surface area (Å²) in [6.07, 6.45) is 6.32. The topological polar surface area (TPSA) is 77.8 Å². The first-order chi connectivity index (χ1) is 17.4. The summed E-state index contributed by atoms with van der Waals surface area (Å²) < 4.78 is 11.7. The van der Waals surface area contributed by atoms with Crippen molar-refractivity contribution < 1.29 is 23.9 Å². The maximum Gasteiger partial charge on any atom is 0.335 e. The molecule has 1 atom stereocenters. The van der Waals surface area contributed by atoms with E-state index in [0.717, 1.165) is 16.5 Å². The first kappa shape index (κ1) is 24.7. The van der Waals surface area contributed by atoms with Gasteiger partial charge in [0.15, 0.2) is 5.78 Å². The van der Waals surface area contributed by atoms with Gasteiger partial charge in [0.05, 0.1) is 25.5 Å². The Hall–Kier alpha value is -4.39. The highest BCUT2D eigenvalue weighted by molar-refractivity contribution is 6.01. The number of nitrogens with zero attached hydrogens (tertiary/aromatic N) is 2. The minimum absolute atomic E-state index is 0.0250. The molecule has 2 heterocycles. The molecule has 0 saturated heterocycles. The highest BCUT2D eigenvalue weighted by atomic mass is 16.5. The molecule has 0 N–H and O–H groups in total. The van der Waals surface area contributed by atoms with Gasteiger partial charge in [-0.15, -0.1) is 0 Å². The van der Waals surface area contributed by atoms with Crippen LogP contribution in [0.15, 0.2) is 96.4 Å². The Balaban J connectivity index is 1.73. The molecule has 1 aliphatic heterocycles. The predicted molar refractivity (Wildman–Crippen MR) is 137 cm³/mol. The molecule has 0 saturated carbocycles. The maximum atomic E-state index is 13.8. The molecule has 0 radical (unpaired) electrons. The van der Waals surface area contributed by atoms with Gasteiger partial charge in [0, 0.05) is 55.3 Å². The van der Waals surface area contributed by atoms with Gasteiger partial charge in [-0.25, -0.2) is 9.59 Å². The second kappa shape index (κ2) is 10.9. The van der Waals surface area contributed by atoms with Gasteiger partial charge in [0.1, 0.15) is 0 Å². The Morgan fingerprint density at radius 2 is 1.67 bits per heavy atom. The first-order valence-corrected chi connectivity index (χ1v) is 11.6. The molecule has 0 spiro atoms. The van der Waals surface area contributed by atoms with Gasteiger partial charge in [-0.2, -0.15) is 0 Å². The number of para-hydroxylation sites is 1. The number of carbonyl (C=O) groups excluding carboxylic acids is 3. The van der Waals surface area contributed by atoms with Crippen molar-refractivity contribution in [3.05, 3.63) is 108 Å². The number of rotatable bonds is 8. The van der Waals surface area contributed by atoms with E-state index in [0.29, 0.717) is 23.4 Å². The van der Waals surface area contributed by atoms with Crippen molar-refractivity contribution in [1.29, 1.82) is 0 Å². The van der Waals surface area contributed by atoms with Gasteiger partial charge < -0.3 is 18.9 Å². The monoisotopic (exact) mass is 484 g/mol. The molecular formula is C29H28N2O5. The largest absolute Gasteiger partial charge is 0.466 e. The molecule has 1 aromatic heterocycles. The number of Topliss-reactive ketones (excluding diaryl/α,β-unsaturated/α-hetero) is 1. The molecule has 36 heavy (non-hydrogen) atoms. The molecule has 0 bridgehead atoms. The summed E-state index contributed by atoms with van der Waals surface area (Å²) >= 11 is 0. The van der Waals surface area contributed by atoms with Gasteiger partial charge in [0.2, 0.25) is 0 Å². The molecular weight excluding hydrogens is 456 g/mol. The number of allylic oxidation sites excluding steroid dienone is 2. The molecule has 1 aliphatic rings. The number of carbonyl (C=O) groups is 3. The molecule has 7 nitrogen and oxygen atoms in total. The van der Waals surface area contributed by atoms with Crippen LogP contribution >= 0.6 is 0 Å². The van der Waals surface area contributed by atoms with Crippen molar-refractivity contribution in [1.82, 2.24) is 9.47 Å². The van der Waals surface area contributed by atoms with Crippen molar-refractivity contribution in [3.63, 3.8) is 0 Å². The lowest BCUT2D eigenvalue weighted by Crippen LogP contribution is -2.26. The third-order valence-electron chi connectivity index (χ3n) is 6.18. The lowest BCUT2D eigenvalue weighted by Gasteiger charge is -2.27. The third-order valence-corrected chi connectivity index (χ3v) is 6.18. The van der Waals surface area contributed by atoms with E-state index in [1.54, 1.807) is 30.4 Å². The van der Waals surface area contributed by atoms with Crippen LogP contribution in [0, 0.1) is 5.92 Å². The summed E-state index contributed by atoms with van der Waals surface area (Å²) in [5.41, 5.74) is 3.55. The van der Waals surface area contributed by atoms with Crippen molar-refractivity contribution in [2.24, 2.45) is 5.92 Å². The summed E-state index contributed by atoms with van der Waals surface area (Å²) in [6, 6.07) is 19.7. The average Bonchev–Trinajstić information content (AvgIpc) is 3.26. The highest BCUT2D eigenvalue weighted by Crippen LogP contribution is 2.33. The zero-order valence-electron chi connectivity index (χ0n) is 20.5. The second-order valence-corrected chi connectivity index (χ2v) is 8.57. The van der Waals surface area contributed by atoms with E-state index in [4.69, 9.17) is 9.47 Å². The lowest BCUT2D eigenvalue weighted by molar-refractivity contribution is -0.137. The number of methoxy groups -OCH3 is 2. The molecule has 3 aromatic rings. The Kier molecular flexibility index (Phi) is 7.49. The first-order valence-electron chi connectivity index (χ1n) is 11.6. The Morgan fingerprint density at radius 3 is 2.39 bits per heavy atom. The highest BCUT2D eigenvalue weighted by Gasteiger charge is 2.31.